The molecule has 2 fully saturated rings. The van der Waals surface area contributed by atoms with E-state index in [2.05, 4.69) is 71.6 Å². The van der Waals surface area contributed by atoms with Crippen molar-refractivity contribution >= 4 is 80.6 Å². The Balaban J connectivity index is 0.000000161. The SMILES string of the molecule is O=c1c(Br)c(C(F)(F)F)nc2ccc(N3CCC3)cn12.O=c1cc(C(F)(F)F)nc2ccc(Br)cn12.O=c1cc(C(F)(F)F)nc2ccc(N3CCC3)cn12.[B]=NS. The molecule has 0 saturated carbocycles. The molecule has 0 atom stereocenters. The van der Waals surface area contributed by atoms with Gasteiger partial charge in [-0.1, -0.05) is 0 Å². The zero-order valence-corrected chi connectivity index (χ0v) is 33.1. The first kappa shape index (κ1) is 44.3. The summed E-state index contributed by atoms with van der Waals surface area (Å²) in [5.41, 5.74) is -4.21. The number of fused-ring (bicyclic) bond motifs is 3. The Hall–Kier alpha value is -4.78. The minimum atomic E-state index is -4.66. The van der Waals surface area contributed by atoms with Crippen LogP contribution in [0.3, 0.4) is 0 Å². The fourth-order valence-corrected chi connectivity index (χ4v) is 6.12. The Morgan fingerprint density at radius 2 is 1.00 bits per heavy atom. The van der Waals surface area contributed by atoms with Crippen LogP contribution < -0.4 is 26.5 Å². The summed E-state index contributed by atoms with van der Waals surface area (Å²) >= 11 is 9.01. The number of aromatic nitrogens is 6. The molecule has 58 heavy (non-hydrogen) atoms. The van der Waals surface area contributed by atoms with Crippen molar-refractivity contribution in [1.82, 2.24) is 28.2 Å². The van der Waals surface area contributed by atoms with E-state index >= 15 is 0 Å². The van der Waals surface area contributed by atoms with Gasteiger partial charge in [0.1, 0.15) is 21.4 Å². The van der Waals surface area contributed by atoms with Crippen molar-refractivity contribution in [2.45, 2.75) is 31.4 Å². The maximum absolute atomic E-state index is 12.8. The van der Waals surface area contributed by atoms with E-state index in [1.807, 2.05) is 9.80 Å². The number of thiol groups is 1. The van der Waals surface area contributed by atoms with E-state index in [1.165, 1.54) is 42.9 Å². The van der Waals surface area contributed by atoms with Crippen LogP contribution in [-0.2, 0) is 18.5 Å². The van der Waals surface area contributed by atoms with Crippen molar-refractivity contribution in [3.63, 3.8) is 0 Å². The second-order valence-electron chi connectivity index (χ2n) is 12.1. The van der Waals surface area contributed by atoms with Gasteiger partial charge in [-0.25, -0.2) is 15.0 Å². The van der Waals surface area contributed by atoms with Crippen molar-refractivity contribution < 1.29 is 39.5 Å². The topological polar surface area (TPSA) is 122 Å². The summed E-state index contributed by atoms with van der Waals surface area (Å²) < 4.78 is 119. The van der Waals surface area contributed by atoms with Crippen LogP contribution in [-0.4, -0.2) is 62.0 Å². The molecule has 0 amide bonds. The maximum atomic E-state index is 12.8. The van der Waals surface area contributed by atoms with Gasteiger partial charge in [0, 0.05) is 61.4 Å². The summed E-state index contributed by atoms with van der Waals surface area (Å²) in [6.07, 6.45) is -7.31. The molecular formula is C33H24BBr2F9N9O3S. The molecule has 2 saturated heterocycles. The average Bonchev–Trinajstić information content (AvgIpc) is 3.08. The van der Waals surface area contributed by atoms with Gasteiger partial charge in [-0.2, -0.15) is 39.5 Å². The van der Waals surface area contributed by atoms with Crippen LogP contribution in [0.5, 0.6) is 0 Å². The van der Waals surface area contributed by atoms with Crippen LogP contribution in [0.15, 0.2) is 94.8 Å². The van der Waals surface area contributed by atoms with E-state index < -0.39 is 56.8 Å². The Labute approximate surface area is 342 Å². The molecule has 0 spiro atoms. The van der Waals surface area contributed by atoms with Gasteiger partial charge in [-0.3, -0.25) is 27.6 Å². The summed E-state index contributed by atoms with van der Waals surface area (Å²) in [7, 11) is 4.34. The molecule has 2 aliphatic heterocycles. The fraction of sp³-hybridized carbons (Fsp3) is 0.273. The zero-order chi connectivity index (χ0) is 42.7. The van der Waals surface area contributed by atoms with E-state index in [9.17, 15) is 53.9 Å². The number of rotatable bonds is 2. The monoisotopic (exact) mass is 966 g/mol. The first-order valence-corrected chi connectivity index (χ1v) is 18.3. The van der Waals surface area contributed by atoms with Gasteiger partial charge in [-0.05, 0) is 81.1 Å². The Kier molecular flexibility index (Phi) is 13.5. The second-order valence-corrected chi connectivity index (χ2v) is 14.1. The van der Waals surface area contributed by atoms with E-state index in [-0.39, 0.29) is 16.9 Å². The van der Waals surface area contributed by atoms with Crippen LogP contribution in [0.25, 0.3) is 16.9 Å². The van der Waals surface area contributed by atoms with Gasteiger partial charge < -0.3 is 9.80 Å². The van der Waals surface area contributed by atoms with Gasteiger partial charge >= 0.3 is 43.3 Å². The molecule has 0 unspecified atom stereocenters. The van der Waals surface area contributed by atoms with E-state index in [4.69, 9.17) is 0 Å². The molecule has 305 valence electrons. The summed E-state index contributed by atoms with van der Waals surface area (Å²) in [5, 5.41) is 0. The van der Waals surface area contributed by atoms with Gasteiger partial charge in [0.15, 0.2) is 17.1 Å². The second kappa shape index (κ2) is 17.6. The van der Waals surface area contributed by atoms with Crippen molar-refractivity contribution in [2.75, 3.05) is 36.0 Å². The fourth-order valence-electron chi connectivity index (χ4n) is 5.28. The first-order valence-electron chi connectivity index (χ1n) is 16.3. The van der Waals surface area contributed by atoms with Crippen molar-refractivity contribution in [3.05, 3.63) is 124 Å². The van der Waals surface area contributed by atoms with Gasteiger partial charge in [0.05, 0.1) is 11.4 Å². The van der Waals surface area contributed by atoms with Crippen LogP contribution in [0.2, 0.25) is 0 Å². The summed E-state index contributed by atoms with van der Waals surface area (Å²) in [6, 6.07) is 10.1. The van der Waals surface area contributed by atoms with Gasteiger partial charge in [0.25, 0.3) is 16.7 Å². The molecule has 0 aliphatic carbocycles. The van der Waals surface area contributed by atoms with E-state index in [1.54, 1.807) is 12.1 Å². The molecule has 8 rings (SSSR count). The molecular weight excluding hydrogens is 944 g/mol. The molecule has 6 aromatic heterocycles. The summed E-state index contributed by atoms with van der Waals surface area (Å²) in [6.45, 7) is 3.56. The molecule has 12 nitrogen and oxygen atoms in total. The summed E-state index contributed by atoms with van der Waals surface area (Å²) in [4.78, 5) is 49.6. The number of nitrogens with zero attached hydrogens (tertiary/aromatic N) is 9. The normalized spacial score (nSPS) is 14.0. The third-order valence-electron chi connectivity index (χ3n) is 8.31. The third kappa shape index (κ3) is 10.3. The molecule has 2 aliphatic rings. The van der Waals surface area contributed by atoms with Crippen LogP contribution in [0, 0.1) is 0 Å². The standard InChI is InChI=1S/C12H9BrF3N3O.C12H10F3N3O.C9H4BrF3N2O.BHNS/c13-9-10(12(14,15)16)17-8-3-2-7(18-4-1-5-18)6-19(8)11(9)20;13-12(14,15)9-6-11(19)18-7-8(17-4-1-5-17)2-3-10(18)16-9;10-5-1-2-7-14-6(9(11,12)13)3-8(16)15(7)4-5;1-2-3/h2-3,6H,1,4-5H2;2-3,6-7H,1,4-5H2;1-4H;3H. The average molecular weight is 968 g/mol. The number of hydrogen-bond donors (Lipinski definition) is 1. The number of halogens is 11. The van der Waals surface area contributed by atoms with Crippen LogP contribution in [0.4, 0.5) is 50.9 Å². The minimum absolute atomic E-state index is 0.00379. The molecule has 6 aromatic rings. The van der Waals surface area contributed by atoms with Crippen LogP contribution >= 0.6 is 44.7 Å². The van der Waals surface area contributed by atoms with Crippen molar-refractivity contribution in [2.24, 2.45) is 4.30 Å². The molecule has 0 N–H and O–H groups in total. The number of anilines is 2. The number of pyridine rings is 3. The predicted molar refractivity (Wildman–Crippen MR) is 206 cm³/mol. The quantitative estimate of drug-likeness (QED) is 0.109. The molecule has 25 heteroatoms. The molecule has 1 radical (unpaired) electrons. The van der Waals surface area contributed by atoms with Crippen LogP contribution in [0.1, 0.15) is 29.9 Å². The first-order chi connectivity index (χ1) is 27.1. The Morgan fingerprint density at radius 1 is 0.603 bits per heavy atom. The zero-order valence-electron chi connectivity index (χ0n) is 29.0. The Morgan fingerprint density at radius 3 is 1.40 bits per heavy atom. The van der Waals surface area contributed by atoms with Gasteiger partial charge in [-0.15, -0.1) is 0 Å². The summed E-state index contributed by atoms with van der Waals surface area (Å²) in [5.74, 6) is 0. The predicted octanol–water partition coefficient (Wildman–Crippen LogP) is 7.27. The molecule has 8 heterocycles. The number of hydrogen-bond acceptors (Lipinski definition) is 10. The number of alkyl halides is 9. The molecule has 0 aromatic carbocycles. The Bertz CT molecular complexity index is 2670. The van der Waals surface area contributed by atoms with Gasteiger partial charge in [0.2, 0.25) is 0 Å². The van der Waals surface area contributed by atoms with E-state index in [0.29, 0.717) is 16.6 Å². The van der Waals surface area contributed by atoms with Crippen molar-refractivity contribution in [3.8, 4) is 0 Å². The van der Waals surface area contributed by atoms with E-state index in [0.717, 1.165) is 63.6 Å². The molecule has 0 bridgehead atoms. The van der Waals surface area contributed by atoms with Crippen molar-refractivity contribution in [1.29, 1.82) is 0 Å². The third-order valence-corrected chi connectivity index (χ3v) is 9.50.